The molecule has 2 aromatic carbocycles. The second-order valence-corrected chi connectivity index (χ2v) is 14.7. The summed E-state index contributed by atoms with van der Waals surface area (Å²) in [6.07, 6.45) is -5.88. The number of fused-ring (bicyclic) bond motifs is 1. The lowest BCUT2D eigenvalue weighted by atomic mass is 9.97. The van der Waals surface area contributed by atoms with Crippen LogP contribution in [0.4, 0.5) is 28.0 Å². The van der Waals surface area contributed by atoms with Crippen LogP contribution >= 0.6 is 0 Å². The number of carbonyl (C=O) groups excluding carboxylic acids is 2. The number of hydrogen-bond acceptors (Lipinski definition) is 9. The molecular weight excluding hydrogens is 622 g/mol. The smallest absolute Gasteiger partial charge is 0.444 e. The zero-order valence-electron chi connectivity index (χ0n) is 25.6. The van der Waals surface area contributed by atoms with Gasteiger partial charge in [-0.2, -0.15) is 0 Å². The van der Waals surface area contributed by atoms with Gasteiger partial charge in [-0.15, -0.1) is 23.4 Å². The molecule has 3 aromatic rings. The van der Waals surface area contributed by atoms with Crippen LogP contribution in [0, 0.1) is 5.82 Å². The molecule has 0 saturated carbocycles. The van der Waals surface area contributed by atoms with Gasteiger partial charge in [0.2, 0.25) is 5.89 Å². The summed E-state index contributed by atoms with van der Waals surface area (Å²) < 4.78 is 87.1. The Morgan fingerprint density at radius 3 is 2.29 bits per heavy atom. The highest BCUT2D eigenvalue weighted by molar-refractivity contribution is 7.93. The molecule has 1 aliphatic rings. The highest BCUT2D eigenvalue weighted by Gasteiger charge is 2.40. The molecule has 1 unspecified atom stereocenters. The average molecular weight is 656 g/mol. The van der Waals surface area contributed by atoms with E-state index >= 15 is 4.39 Å². The second kappa shape index (κ2) is 11.9. The van der Waals surface area contributed by atoms with E-state index in [2.05, 4.69) is 24.6 Å². The third-order valence-corrected chi connectivity index (χ3v) is 8.81. The Balaban J connectivity index is 1.86. The molecule has 1 N–H and O–H groups in total. The van der Waals surface area contributed by atoms with Gasteiger partial charge in [0, 0.05) is 12.5 Å². The third-order valence-electron chi connectivity index (χ3n) is 6.42. The van der Waals surface area contributed by atoms with E-state index in [1.165, 1.54) is 25.2 Å². The Morgan fingerprint density at radius 2 is 1.76 bits per heavy atom. The number of amides is 2. The molecule has 11 nitrogen and oxygen atoms in total. The number of rotatable bonds is 5. The van der Waals surface area contributed by atoms with Gasteiger partial charge in [0.05, 0.1) is 38.2 Å². The number of halogens is 4. The molecule has 0 fully saturated rings. The highest BCUT2D eigenvalue weighted by Crippen LogP contribution is 2.39. The van der Waals surface area contributed by atoms with Gasteiger partial charge in [0.25, 0.3) is 11.8 Å². The molecule has 0 spiro atoms. The lowest BCUT2D eigenvalue weighted by Gasteiger charge is -2.27. The Morgan fingerprint density at radius 1 is 1.11 bits per heavy atom. The van der Waals surface area contributed by atoms with Crippen LogP contribution in [-0.2, 0) is 31.2 Å². The summed E-state index contributed by atoms with van der Waals surface area (Å²) >= 11 is 0. The summed E-state index contributed by atoms with van der Waals surface area (Å²) in [7, 11) is -2.30. The third kappa shape index (κ3) is 7.90. The normalized spacial score (nSPS) is 19.0. The van der Waals surface area contributed by atoms with E-state index < -0.39 is 62.5 Å². The van der Waals surface area contributed by atoms with Gasteiger partial charge in [-0.25, -0.2) is 17.8 Å². The van der Waals surface area contributed by atoms with Gasteiger partial charge in [0.15, 0.2) is 0 Å². The largest absolute Gasteiger partial charge is 0.573 e. The Bertz CT molecular complexity index is 1720. The van der Waals surface area contributed by atoms with Crippen LogP contribution in [0.2, 0.25) is 0 Å². The van der Waals surface area contributed by atoms with Crippen molar-refractivity contribution in [2.24, 2.45) is 4.36 Å². The SMILES string of the molecule is CN=S1(=O)C[C@H](NC(=O)OC(C)(C)C)C(=O)N(Cc2ccc(OC(F)(F)F)cc2)c2cc(-c3nnc(C(C)(C)C)o3)c(F)cc21. The molecule has 0 radical (unpaired) electrons. The maximum absolute atomic E-state index is 15.7. The Kier molecular flexibility index (Phi) is 8.94. The fraction of sp³-hybridized carbons (Fsp3) is 0.448. The van der Waals surface area contributed by atoms with Gasteiger partial charge in [-0.3, -0.25) is 4.79 Å². The van der Waals surface area contributed by atoms with Crippen molar-refractivity contribution in [3.8, 4) is 17.2 Å². The number of alkyl halides is 3. The molecule has 1 aliphatic heterocycles. The van der Waals surface area contributed by atoms with Crippen LogP contribution in [0.3, 0.4) is 0 Å². The number of nitrogens with zero attached hydrogens (tertiary/aromatic N) is 4. The van der Waals surface area contributed by atoms with Crippen molar-refractivity contribution in [1.82, 2.24) is 15.5 Å². The number of benzene rings is 2. The van der Waals surface area contributed by atoms with Gasteiger partial charge < -0.3 is 24.1 Å². The minimum absolute atomic E-state index is 0.0355. The maximum Gasteiger partial charge on any atom is 0.573 e. The van der Waals surface area contributed by atoms with E-state index in [-0.39, 0.29) is 34.5 Å². The quantitative estimate of drug-likeness (QED) is 0.332. The van der Waals surface area contributed by atoms with Gasteiger partial charge in [-0.1, -0.05) is 32.9 Å². The van der Waals surface area contributed by atoms with E-state index in [1.807, 2.05) is 20.8 Å². The first-order valence-corrected chi connectivity index (χ1v) is 15.3. The first kappa shape index (κ1) is 33.7. The summed E-state index contributed by atoms with van der Waals surface area (Å²) in [5.41, 5.74) is -1.38. The van der Waals surface area contributed by atoms with Crippen LogP contribution < -0.4 is 15.0 Å². The minimum Gasteiger partial charge on any atom is -0.444 e. The number of nitrogens with one attached hydrogen (secondary N) is 1. The standard InChI is InChI=1S/C29H33F4N5O6S/c1-27(2,3)25-37-36-23(42-25)18-12-21-22(13-19(18)30)45(41,34-7)15-20(35-26(40)44-28(4,5)6)24(39)38(21)14-16-8-10-17(11-9-16)43-29(31,32)33/h8-13,20H,14-15H2,1-7H3,(H,35,40)/t20-,45?/m0/s1. The van der Waals surface area contributed by atoms with E-state index in [4.69, 9.17) is 9.15 Å². The molecule has 244 valence electrons. The molecule has 4 rings (SSSR count). The topological polar surface area (TPSA) is 136 Å². The van der Waals surface area contributed by atoms with Crippen LogP contribution in [0.25, 0.3) is 11.5 Å². The molecule has 45 heavy (non-hydrogen) atoms. The maximum atomic E-state index is 15.7. The molecule has 0 saturated heterocycles. The van der Waals surface area contributed by atoms with E-state index in [1.54, 1.807) is 20.8 Å². The molecular formula is C29H33F4N5O6S. The number of aromatic nitrogens is 2. The average Bonchev–Trinajstić information content (AvgIpc) is 3.38. The molecule has 0 bridgehead atoms. The number of ether oxygens (including phenoxy) is 2. The van der Waals surface area contributed by atoms with E-state index in [0.717, 1.165) is 23.1 Å². The number of hydrogen-bond donors (Lipinski definition) is 1. The zero-order valence-corrected chi connectivity index (χ0v) is 26.4. The van der Waals surface area contributed by atoms with Crippen molar-refractivity contribution in [3.05, 3.63) is 53.7 Å². The molecule has 2 atom stereocenters. The van der Waals surface area contributed by atoms with E-state index in [0.29, 0.717) is 5.56 Å². The first-order chi connectivity index (χ1) is 20.7. The summed E-state index contributed by atoms with van der Waals surface area (Å²) in [5, 5.41) is 10.4. The molecule has 1 aromatic heterocycles. The lowest BCUT2D eigenvalue weighted by Crippen LogP contribution is -2.51. The summed E-state index contributed by atoms with van der Waals surface area (Å²) in [6, 6.07) is 5.48. The number of alkyl carbamates (subject to hydrolysis) is 1. The van der Waals surface area contributed by atoms with Crippen molar-refractivity contribution < 1.29 is 45.3 Å². The molecule has 2 heterocycles. The number of anilines is 1. The second-order valence-electron chi connectivity index (χ2n) is 12.3. The van der Waals surface area contributed by atoms with Crippen LogP contribution in [-0.4, -0.2) is 57.2 Å². The molecule has 2 amide bonds. The highest BCUT2D eigenvalue weighted by atomic mass is 32.2. The predicted molar refractivity (Wildman–Crippen MR) is 155 cm³/mol. The molecule has 0 aliphatic carbocycles. The first-order valence-electron chi connectivity index (χ1n) is 13.7. The summed E-state index contributed by atoms with van der Waals surface area (Å²) in [6.45, 7) is 10.0. The summed E-state index contributed by atoms with van der Waals surface area (Å²) in [4.78, 5) is 27.8. The van der Waals surface area contributed by atoms with Crippen LogP contribution in [0.1, 0.15) is 53.0 Å². The Hall–Kier alpha value is -4.21. The number of carbonyl (C=O) groups is 2. The lowest BCUT2D eigenvalue weighted by molar-refractivity contribution is -0.274. The Labute approximate surface area is 257 Å². The zero-order chi connectivity index (χ0) is 33.5. The minimum atomic E-state index is -4.91. The molecule has 16 heteroatoms. The van der Waals surface area contributed by atoms with Crippen molar-refractivity contribution in [2.75, 3.05) is 17.7 Å². The van der Waals surface area contributed by atoms with Crippen LogP contribution in [0.15, 0.2) is 50.1 Å². The van der Waals surface area contributed by atoms with E-state index in [9.17, 15) is 27.0 Å². The van der Waals surface area contributed by atoms with Crippen molar-refractivity contribution >= 4 is 27.4 Å². The van der Waals surface area contributed by atoms with Crippen molar-refractivity contribution in [1.29, 1.82) is 0 Å². The van der Waals surface area contributed by atoms with Crippen molar-refractivity contribution in [2.45, 2.75) is 76.4 Å². The van der Waals surface area contributed by atoms with Gasteiger partial charge in [-0.05, 0) is 50.6 Å². The fourth-order valence-corrected chi connectivity index (χ4v) is 6.36. The fourth-order valence-electron chi connectivity index (χ4n) is 4.37. The predicted octanol–water partition coefficient (Wildman–Crippen LogP) is 5.97. The van der Waals surface area contributed by atoms with Gasteiger partial charge in [0.1, 0.15) is 23.2 Å². The van der Waals surface area contributed by atoms with Crippen LogP contribution in [0.5, 0.6) is 5.75 Å². The van der Waals surface area contributed by atoms with Crippen molar-refractivity contribution in [3.63, 3.8) is 0 Å². The monoisotopic (exact) mass is 655 g/mol. The van der Waals surface area contributed by atoms with Gasteiger partial charge >= 0.3 is 12.5 Å². The summed E-state index contributed by atoms with van der Waals surface area (Å²) in [5.74, 6) is -2.62.